The van der Waals surface area contributed by atoms with Crippen LogP contribution in [0.25, 0.3) is 0 Å². The molecule has 1 amide bonds. The Hall–Kier alpha value is -0.800. The molecule has 0 aromatic rings. The van der Waals surface area contributed by atoms with E-state index in [1.54, 1.807) is 0 Å². The van der Waals surface area contributed by atoms with E-state index in [1.165, 1.54) is 0 Å². The average Bonchev–Trinajstić information content (AvgIpc) is 2.46. The molecule has 0 aromatic carbocycles. The first kappa shape index (κ1) is 12.3. The van der Waals surface area contributed by atoms with Crippen LogP contribution in [0.4, 0.5) is 9.18 Å². The molecule has 0 heterocycles. The summed E-state index contributed by atoms with van der Waals surface area (Å²) in [5.74, 6) is 0.0573. The molecule has 3 nitrogen and oxygen atoms in total. The summed E-state index contributed by atoms with van der Waals surface area (Å²) in [5, 5.41) is 2.60. The van der Waals surface area contributed by atoms with Crippen LogP contribution in [0.2, 0.25) is 0 Å². The molecule has 0 spiro atoms. The van der Waals surface area contributed by atoms with E-state index < -0.39 is 18.4 Å². The fourth-order valence-electron chi connectivity index (χ4n) is 1.96. The fourth-order valence-corrected chi connectivity index (χ4v) is 1.96. The number of hydrogen-bond donors (Lipinski definition) is 1. The van der Waals surface area contributed by atoms with Crippen molar-refractivity contribution >= 4 is 6.09 Å². The lowest BCUT2D eigenvalue weighted by Crippen LogP contribution is -2.36. The number of carbonyl (C=O) groups is 1. The zero-order chi connectivity index (χ0) is 11.4. The third kappa shape index (κ3) is 3.36. The summed E-state index contributed by atoms with van der Waals surface area (Å²) in [5.41, 5.74) is 0. The molecule has 88 valence electrons. The number of hydrogen-bond acceptors (Lipinski definition) is 2. The summed E-state index contributed by atoms with van der Waals surface area (Å²) in [4.78, 5) is 11.2. The van der Waals surface area contributed by atoms with E-state index in [-0.39, 0.29) is 12.0 Å². The van der Waals surface area contributed by atoms with Gasteiger partial charge in [0.2, 0.25) is 0 Å². The smallest absolute Gasteiger partial charge is 0.407 e. The van der Waals surface area contributed by atoms with Gasteiger partial charge in [0.05, 0.1) is 0 Å². The number of nitrogens with one attached hydrogen (secondary N) is 1. The summed E-state index contributed by atoms with van der Waals surface area (Å²) in [6.45, 7) is 5.66. The maximum atomic E-state index is 13.6. The quantitative estimate of drug-likeness (QED) is 0.789. The molecule has 1 fully saturated rings. The highest BCUT2D eigenvalue weighted by atomic mass is 19.1. The van der Waals surface area contributed by atoms with Crippen molar-refractivity contribution in [3.8, 4) is 0 Å². The van der Waals surface area contributed by atoms with Crippen LogP contribution in [-0.4, -0.2) is 24.4 Å². The van der Waals surface area contributed by atoms with Gasteiger partial charge in [-0.2, -0.15) is 0 Å². The van der Waals surface area contributed by atoms with E-state index >= 15 is 0 Å². The van der Waals surface area contributed by atoms with Crippen LogP contribution in [0.5, 0.6) is 0 Å². The first-order valence-corrected chi connectivity index (χ1v) is 5.65. The van der Waals surface area contributed by atoms with Crippen molar-refractivity contribution in [1.29, 1.82) is 0 Å². The van der Waals surface area contributed by atoms with Crippen LogP contribution in [0.3, 0.4) is 0 Å². The van der Waals surface area contributed by atoms with Gasteiger partial charge >= 0.3 is 6.09 Å². The maximum Gasteiger partial charge on any atom is 0.407 e. The van der Waals surface area contributed by atoms with Crippen molar-refractivity contribution in [3.05, 3.63) is 0 Å². The first-order valence-electron chi connectivity index (χ1n) is 5.65. The van der Waals surface area contributed by atoms with Crippen LogP contribution < -0.4 is 5.32 Å². The molecular weight excluding hydrogens is 197 g/mol. The predicted molar refractivity (Wildman–Crippen MR) is 56.5 cm³/mol. The van der Waals surface area contributed by atoms with Gasteiger partial charge in [-0.15, -0.1) is 0 Å². The van der Waals surface area contributed by atoms with Crippen LogP contribution in [0.15, 0.2) is 0 Å². The zero-order valence-electron chi connectivity index (χ0n) is 9.63. The molecule has 3 atom stereocenters. The van der Waals surface area contributed by atoms with Crippen molar-refractivity contribution in [2.75, 3.05) is 0 Å². The van der Waals surface area contributed by atoms with Crippen molar-refractivity contribution in [1.82, 2.24) is 5.32 Å². The Balaban J connectivity index is 2.36. The van der Waals surface area contributed by atoms with Crippen molar-refractivity contribution in [3.63, 3.8) is 0 Å². The normalized spacial score (nSPS) is 30.6. The summed E-state index contributed by atoms with van der Waals surface area (Å²) in [6.07, 6.45) is 0.228. The number of amides is 1. The number of carbonyl (C=O) groups excluding carboxylic acids is 1. The molecule has 0 bridgehead atoms. The molecule has 0 saturated heterocycles. The molecule has 1 aliphatic rings. The minimum absolute atomic E-state index is 0.0268. The third-order valence-electron chi connectivity index (χ3n) is 2.82. The van der Waals surface area contributed by atoms with E-state index in [1.807, 2.05) is 20.8 Å². The van der Waals surface area contributed by atoms with Gasteiger partial charge in [0.15, 0.2) is 0 Å². The number of alkyl halides is 1. The Morgan fingerprint density at radius 2 is 2.20 bits per heavy atom. The van der Waals surface area contributed by atoms with Gasteiger partial charge in [-0.25, -0.2) is 9.18 Å². The van der Waals surface area contributed by atoms with Gasteiger partial charge in [0.1, 0.15) is 12.3 Å². The Morgan fingerprint density at radius 3 is 2.67 bits per heavy atom. The topological polar surface area (TPSA) is 38.3 Å². The molecule has 15 heavy (non-hydrogen) atoms. The molecule has 0 aliphatic heterocycles. The van der Waals surface area contributed by atoms with Crippen molar-refractivity contribution in [2.24, 2.45) is 5.92 Å². The summed E-state index contributed by atoms with van der Waals surface area (Å²) in [7, 11) is 0. The number of rotatable bonds is 3. The van der Waals surface area contributed by atoms with E-state index in [0.29, 0.717) is 6.42 Å². The minimum atomic E-state index is -0.993. The average molecular weight is 217 g/mol. The molecule has 4 heteroatoms. The fraction of sp³-hybridized carbons (Fsp3) is 0.909. The number of halogens is 1. The summed E-state index contributed by atoms with van der Waals surface area (Å²) < 4.78 is 18.7. The van der Waals surface area contributed by atoms with Gasteiger partial charge in [-0.1, -0.05) is 13.3 Å². The van der Waals surface area contributed by atoms with Gasteiger partial charge in [0, 0.05) is 6.04 Å². The van der Waals surface area contributed by atoms with Crippen LogP contribution in [0, 0.1) is 5.92 Å². The van der Waals surface area contributed by atoms with E-state index in [2.05, 4.69) is 5.32 Å². The summed E-state index contributed by atoms with van der Waals surface area (Å²) >= 11 is 0. The van der Waals surface area contributed by atoms with Crippen LogP contribution in [-0.2, 0) is 4.74 Å². The third-order valence-corrected chi connectivity index (χ3v) is 2.82. The molecule has 0 radical (unpaired) electrons. The second kappa shape index (κ2) is 5.33. The zero-order valence-corrected chi connectivity index (χ0v) is 9.63. The van der Waals surface area contributed by atoms with E-state index in [9.17, 15) is 9.18 Å². The van der Waals surface area contributed by atoms with Crippen LogP contribution >= 0.6 is 0 Å². The Labute approximate surface area is 90.4 Å². The molecule has 1 aliphatic carbocycles. The van der Waals surface area contributed by atoms with Crippen molar-refractivity contribution in [2.45, 2.75) is 58.4 Å². The number of ether oxygens (including phenoxy) is 1. The van der Waals surface area contributed by atoms with E-state index in [4.69, 9.17) is 4.74 Å². The molecular formula is C11H20FNO2. The van der Waals surface area contributed by atoms with Gasteiger partial charge < -0.3 is 10.1 Å². The Bertz CT molecular complexity index is 221. The SMILES string of the molecule is CC[C@H]1CC[C@@H](OC(=O)NC(C)C)[C@H]1F. The molecule has 1 saturated carbocycles. The molecule has 0 aromatic heterocycles. The summed E-state index contributed by atoms with van der Waals surface area (Å²) in [6, 6.07) is 0.0268. The van der Waals surface area contributed by atoms with Gasteiger partial charge in [0.25, 0.3) is 0 Å². The second-order valence-corrected chi connectivity index (χ2v) is 4.43. The first-order chi connectivity index (χ1) is 7.04. The highest BCUT2D eigenvalue weighted by Gasteiger charge is 2.37. The largest absolute Gasteiger partial charge is 0.443 e. The second-order valence-electron chi connectivity index (χ2n) is 4.43. The number of alkyl carbamates (subject to hydrolysis) is 1. The molecule has 0 unspecified atom stereocenters. The lowest BCUT2D eigenvalue weighted by Gasteiger charge is -2.18. The lowest BCUT2D eigenvalue weighted by molar-refractivity contribution is 0.0484. The standard InChI is InChI=1S/C11H20FNO2/c1-4-8-5-6-9(10(8)12)15-11(14)13-7(2)3/h7-10H,4-6H2,1-3H3,(H,13,14)/t8-,9+,10-/m0/s1. The van der Waals surface area contributed by atoms with E-state index in [0.717, 1.165) is 12.8 Å². The molecule has 1 rings (SSSR count). The van der Waals surface area contributed by atoms with Crippen LogP contribution in [0.1, 0.15) is 40.0 Å². The predicted octanol–water partition coefficient (Wildman–Crippen LogP) is 2.65. The lowest BCUT2D eigenvalue weighted by atomic mass is 10.0. The van der Waals surface area contributed by atoms with Gasteiger partial charge in [-0.3, -0.25) is 0 Å². The van der Waals surface area contributed by atoms with Crippen molar-refractivity contribution < 1.29 is 13.9 Å². The monoisotopic (exact) mass is 217 g/mol. The van der Waals surface area contributed by atoms with Gasteiger partial charge in [-0.05, 0) is 32.6 Å². The highest BCUT2D eigenvalue weighted by molar-refractivity contribution is 5.67. The Kier molecular flexibility index (Phi) is 4.36. The minimum Gasteiger partial charge on any atom is -0.443 e. The maximum absolute atomic E-state index is 13.6. The highest BCUT2D eigenvalue weighted by Crippen LogP contribution is 2.33. The Morgan fingerprint density at radius 1 is 1.53 bits per heavy atom. The molecule has 1 N–H and O–H groups in total.